The van der Waals surface area contributed by atoms with Crippen LogP contribution in [0.2, 0.25) is 0 Å². The highest BCUT2D eigenvalue weighted by atomic mass is 32.2. The Hall–Kier alpha value is -3.87. The molecule has 0 spiro atoms. The molecule has 37 heavy (non-hydrogen) atoms. The van der Waals surface area contributed by atoms with Crippen LogP contribution in [0.4, 0.5) is 0 Å². The molecule has 4 rings (SSSR count). The summed E-state index contributed by atoms with van der Waals surface area (Å²) >= 11 is 0. The van der Waals surface area contributed by atoms with Crippen molar-refractivity contribution >= 4 is 10.0 Å². The number of methoxy groups -OCH3 is 2. The number of tetrazole rings is 1. The van der Waals surface area contributed by atoms with Gasteiger partial charge in [0.15, 0.2) is 0 Å². The average molecular weight is 525 g/mol. The fourth-order valence-corrected chi connectivity index (χ4v) is 5.50. The number of aromatic amines is 1. The van der Waals surface area contributed by atoms with E-state index in [1.807, 2.05) is 24.3 Å². The van der Waals surface area contributed by atoms with E-state index in [1.54, 1.807) is 56.7 Å². The van der Waals surface area contributed by atoms with Gasteiger partial charge in [0.2, 0.25) is 15.8 Å². The fourth-order valence-electron chi connectivity index (χ4n) is 3.77. The van der Waals surface area contributed by atoms with Gasteiger partial charge in [-0.05, 0) is 59.7 Å². The third-order valence-electron chi connectivity index (χ3n) is 5.77. The molecule has 2 aromatic carbocycles. The molecule has 12 heteroatoms. The van der Waals surface area contributed by atoms with Crippen molar-refractivity contribution in [2.24, 2.45) is 0 Å². The predicted molar refractivity (Wildman–Crippen MR) is 136 cm³/mol. The molecule has 0 fully saturated rings. The van der Waals surface area contributed by atoms with E-state index >= 15 is 0 Å². The number of hydrogen-bond donors (Lipinski definition) is 2. The van der Waals surface area contributed by atoms with Gasteiger partial charge in [-0.1, -0.05) is 30.3 Å². The molecule has 0 amide bonds. The highest BCUT2D eigenvalue weighted by Crippen LogP contribution is 2.27. The minimum atomic E-state index is -3.99. The van der Waals surface area contributed by atoms with Gasteiger partial charge < -0.3 is 14.6 Å². The molecule has 2 aromatic heterocycles. The Balaban J connectivity index is 1.62. The Morgan fingerprint density at radius 3 is 1.97 bits per heavy atom. The number of aliphatic hydroxyl groups is 1. The lowest BCUT2D eigenvalue weighted by molar-refractivity contribution is 0.0758. The van der Waals surface area contributed by atoms with Crippen molar-refractivity contribution in [3.63, 3.8) is 0 Å². The van der Waals surface area contributed by atoms with Crippen molar-refractivity contribution < 1.29 is 23.0 Å². The van der Waals surface area contributed by atoms with Crippen molar-refractivity contribution in [3.05, 3.63) is 83.6 Å². The van der Waals surface area contributed by atoms with E-state index in [9.17, 15) is 13.5 Å². The van der Waals surface area contributed by atoms with E-state index in [1.165, 1.54) is 11.2 Å². The molecule has 0 bridgehead atoms. The number of ether oxygens (including phenoxy) is 2. The van der Waals surface area contributed by atoms with E-state index in [0.717, 1.165) is 11.1 Å². The highest BCUT2D eigenvalue weighted by molar-refractivity contribution is 7.89. The molecule has 11 nitrogen and oxygen atoms in total. The molecular formula is C25H28N6O5S. The van der Waals surface area contributed by atoms with Crippen LogP contribution < -0.4 is 9.47 Å². The maximum Gasteiger partial charge on any atom is 0.222 e. The van der Waals surface area contributed by atoms with Gasteiger partial charge in [-0.2, -0.15) is 9.52 Å². The van der Waals surface area contributed by atoms with Gasteiger partial charge >= 0.3 is 0 Å². The third kappa shape index (κ3) is 6.47. The predicted octanol–water partition coefficient (Wildman–Crippen LogP) is 2.52. The number of H-pyrrole nitrogens is 1. The molecule has 0 aliphatic rings. The van der Waals surface area contributed by atoms with Crippen molar-refractivity contribution in [2.75, 3.05) is 20.0 Å². The second-order valence-corrected chi connectivity index (χ2v) is 10.6. The van der Waals surface area contributed by atoms with Crippen molar-refractivity contribution in [1.82, 2.24) is 29.9 Å². The normalized spacial score (nSPS) is 13.3. The number of sulfonamides is 1. The first-order chi connectivity index (χ1) is 17.7. The highest BCUT2D eigenvalue weighted by Gasteiger charge is 2.35. The second kappa shape index (κ2) is 11.0. The summed E-state index contributed by atoms with van der Waals surface area (Å²) in [5, 5.41) is 25.0. The summed E-state index contributed by atoms with van der Waals surface area (Å²) in [7, 11) is -0.854. The van der Waals surface area contributed by atoms with E-state index in [-0.39, 0.29) is 24.6 Å². The number of nitrogens with zero attached hydrogens (tertiary/aromatic N) is 5. The minimum Gasteiger partial charge on any atom is -0.497 e. The summed E-state index contributed by atoms with van der Waals surface area (Å²) in [6.45, 7) is 1.63. The summed E-state index contributed by atoms with van der Waals surface area (Å²) in [6.07, 6.45) is 0. The fraction of sp³-hybridized carbons (Fsp3) is 0.280. The van der Waals surface area contributed by atoms with Gasteiger partial charge in [0, 0.05) is 13.1 Å². The lowest BCUT2D eigenvalue weighted by Gasteiger charge is -2.28. The van der Waals surface area contributed by atoms with Crippen LogP contribution in [-0.4, -0.2) is 63.4 Å². The molecule has 0 unspecified atom stereocenters. The van der Waals surface area contributed by atoms with Gasteiger partial charge in [0.05, 0.1) is 25.7 Å². The van der Waals surface area contributed by atoms with E-state index in [4.69, 9.17) is 9.47 Å². The zero-order valence-electron chi connectivity index (χ0n) is 20.7. The number of rotatable bonds is 11. The summed E-state index contributed by atoms with van der Waals surface area (Å²) in [4.78, 5) is 4.39. The Bertz CT molecular complexity index is 1360. The second-order valence-electron chi connectivity index (χ2n) is 8.64. The molecule has 2 N–H and O–H groups in total. The number of hydrogen-bond acceptors (Lipinski definition) is 9. The van der Waals surface area contributed by atoms with Gasteiger partial charge in [-0.25, -0.2) is 13.4 Å². The van der Waals surface area contributed by atoms with Crippen LogP contribution in [0.1, 0.15) is 23.7 Å². The number of aromatic nitrogens is 5. The monoisotopic (exact) mass is 524 g/mol. The maximum absolute atomic E-state index is 13.7. The summed E-state index contributed by atoms with van der Waals surface area (Å²) < 4.78 is 39.2. The molecule has 0 radical (unpaired) electrons. The maximum atomic E-state index is 13.7. The van der Waals surface area contributed by atoms with Crippen LogP contribution in [0.25, 0.3) is 11.5 Å². The molecule has 194 valence electrons. The minimum absolute atomic E-state index is 0.102. The first-order valence-electron chi connectivity index (χ1n) is 11.4. The Morgan fingerprint density at radius 1 is 0.919 bits per heavy atom. The summed E-state index contributed by atoms with van der Waals surface area (Å²) in [6, 6.07) is 19.2. The quantitative estimate of drug-likeness (QED) is 0.302. The molecule has 0 aliphatic heterocycles. The van der Waals surface area contributed by atoms with Crippen LogP contribution in [0, 0.1) is 0 Å². The first-order valence-corrected chi connectivity index (χ1v) is 13.0. The Labute approximate surface area is 215 Å². The smallest absolute Gasteiger partial charge is 0.222 e. The molecule has 1 atom stereocenters. The zero-order valence-corrected chi connectivity index (χ0v) is 21.5. The van der Waals surface area contributed by atoms with Crippen molar-refractivity contribution in [1.29, 1.82) is 0 Å². The molecule has 4 aromatic rings. The van der Waals surface area contributed by atoms with Gasteiger partial charge in [0.1, 0.15) is 22.8 Å². The van der Waals surface area contributed by atoms with Gasteiger partial charge in [-0.15, -0.1) is 10.2 Å². The molecular weight excluding hydrogens is 496 g/mol. The van der Waals surface area contributed by atoms with Crippen LogP contribution in [-0.2, 0) is 28.7 Å². The van der Waals surface area contributed by atoms with Crippen LogP contribution in [0.5, 0.6) is 11.5 Å². The number of nitrogens with one attached hydrogen (secondary N) is 1. The zero-order chi connectivity index (χ0) is 26.5. The summed E-state index contributed by atoms with van der Waals surface area (Å²) in [5.41, 5.74) is 0.283. The lowest BCUT2D eigenvalue weighted by Crippen LogP contribution is -2.40. The van der Waals surface area contributed by atoms with Gasteiger partial charge in [0.25, 0.3) is 0 Å². The van der Waals surface area contributed by atoms with E-state index in [2.05, 4.69) is 25.6 Å². The number of benzene rings is 2. The van der Waals surface area contributed by atoms with E-state index < -0.39 is 21.4 Å². The van der Waals surface area contributed by atoms with E-state index in [0.29, 0.717) is 17.2 Å². The SMILES string of the molecule is COc1ccc(CN(Cc2ccc(OC)cc2)S(=O)(=O)C[C@](C)(O)c2cccc(-c3nn[nH]n3)n2)cc1. The topological polar surface area (TPSA) is 143 Å². The molecule has 0 saturated carbocycles. The Kier molecular flexibility index (Phi) is 7.81. The largest absolute Gasteiger partial charge is 0.497 e. The average Bonchev–Trinajstić information content (AvgIpc) is 3.44. The number of pyridine rings is 1. The van der Waals surface area contributed by atoms with Crippen LogP contribution in [0.15, 0.2) is 66.7 Å². The summed E-state index contributed by atoms with van der Waals surface area (Å²) in [5.74, 6) is 0.989. The molecule has 0 aliphatic carbocycles. The Morgan fingerprint density at radius 2 is 1.49 bits per heavy atom. The molecule has 2 heterocycles. The van der Waals surface area contributed by atoms with Gasteiger partial charge in [-0.3, -0.25) is 0 Å². The first kappa shape index (κ1) is 26.2. The standard InChI is InChI=1S/C25H28N6O5S/c1-25(32,23-6-4-5-22(26-23)24-27-29-30-28-24)17-37(33,34)31(15-18-7-11-20(35-2)12-8-18)16-19-9-13-21(36-3)14-10-19/h4-14,32H,15-17H2,1-3H3,(H,27,28,29,30)/t25-/m0/s1. The van der Waals surface area contributed by atoms with Crippen LogP contribution >= 0.6 is 0 Å². The van der Waals surface area contributed by atoms with Crippen LogP contribution in [0.3, 0.4) is 0 Å². The van der Waals surface area contributed by atoms with Crippen molar-refractivity contribution in [2.45, 2.75) is 25.6 Å². The van der Waals surface area contributed by atoms with Crippen molar-refractivity contribution in [3.8, 4) is 23.0 Å². The lowest BCUT2D eigenvalue weighted by atomic mass is 10.0. The molecule has 0 saturated heterocycles. The third-order valence-corrected chi connectivity index (χ3v) is 7.74.